The molecule has 1 saturated carbocycles. The molecule has 0 aromatic heterocycles. The van der Waals surface area contributed by atoms with Crippen molar-refractivity contribution < 1.29 is 4.74 Å². The maximum Gasteiger partial charge on any atom is 0.191 e. The third-order valence-electron chi connectivity index (χ3n) is 5.04. The fourth-order valence-corrected chi connectivity index (χ4v) is 3.32. The van der Waals surface area contributed by atoms with Gasteiger partial charge in [-0.25, -0.2) is 0 Å². The minimum absolute atomic E-state index is 0.167. The Kier molecular flexibility index (Phi) is 4.91. The minimum atomic E-state index is 0.167. The van der Waals surface area contributed by atoms with Gasteiger partial charge in [-0.1, -0.05) is 13.8 Å². The summed E-state index contributed by atoms with van der Waals surface area (Å²) in [7, 11) is 5.83. The lowest BCUT2D eigenvalue weighted by Gasteiger charge is -2.51. The molecule has 0 aromatic carbocycles. The van der Waals surface area contributed by atoms with Crippen LogP contribution in [0.1, 0.15) is 26.7 Å². The van der Waals surface area contributed by atoms with Crippen LogP contribution in [0, 0.1) is 11.3 Å². The van der Waals surface area contributed by atoms with Gasteiger partial charge < -0.3 is 20.3 Å². The molecule has 1 aliphatic carbocycles. The number of rotatable bonds is 4. The van der Waals surface area contributed by atoms with Crippen molar-refractivity contribution in [2.45, 2.75) is 38.8 Å². The maximum atomic E-state index is 5.49. The van der Waals surface area contributed by atoms with Gasteiger partial charge in [0.05, 0.1) is 6.10 Å². The molecule has 3 atom stereocenters. The van der Waals surface area contributed by atoms with E-state index in [1.54, 1.807) is 7.11 Å². The maximum absolute atomic E-state index is 5.49. The van der Waals surface area contributed by atoms with E-state index in [0.717, 1.165) is 24.8 Å². The van der Waals surface area contributed by atoms with Crippen LogP contribution >= 0.6 is 0 Å². The molecule has 1 saturated heterocycles. The number of ether oxygens (including phenoxy) is 1. The van der Waals surface area contributed by atoms with Crippen molar-refractivity contribution in [1.29, 1.82) is 0 Å². The van der Waals surface area contributed by atoms with Gasteiger partial charge in [0, 0.05) is 38.7 Å². The topological polar surface area (TPSA) is 48.9 Å². The molecule has 2 fully saturated rings. The molecule has 0 spiro atoms. The number of nitrogens with one attached hydrogen (secondary N) is 2. The lowest BCUT2D eigenvalue weighted by molar-refractivity contribution is -0.0922. The van der Waals surface area contributed by atoms with Crippen LogP contribution in [0.25, 0.3) is 0 Å². The van der Waals surface area contributed by atoms with Crippen molar-refractivity contribution in [2.75, 3.05) is 40.8 Å². The fraction of sp³-hybridized carbons (Fsp3) is 0.933. The number of aliphatic imine (C=N–C) groups is 1. The van der Waals surface area contributed by atoms with E-state index in [1.807, 2.05) is 7.05 Å². The number of guanidine groups is 1. The summed E-state index contributed by atoms with van der Waals surface area (Å²) in [6.07, 6.45) is 2.68. The normalized spacial score (nSPS) is 33.9. The molecule has 2 rings (SSSR count). The second-order valence-corrected chi connectivity index (χ2v) is 6.85. The van der Waals surface area contributed by atoms with Gasteiger partial charge in [-0.05, 0) is 32.4 Å². The van der Waals surface area contributed by atoms with Crippen LogP contribution in [0.4, 0.5) is 0 Å². The smallest absolute Gasteiger partial charge is 0.191 e. The number of methoxy groups -OCH3 is 1. The number of nitrogens with zero attached hydrogens (tertiary/aromatic N) is 2. The van der Waals surface area contributed by atoms with Crippen LogP contribution in [-0.2, 0) is 4.74 Å². The first-order valence-corrected chi connectivity index (χ1v) is 7.66. The zero-order valence-corrected chi connectivity index (χ0v) is 13.6. The summed E-state index contributed by atoms with van der Waals surface area (Å²) in [5, 5.41) is 7.01. The van der Waals surface area contributed by atoms with E-state index in [9.17, 15) is 0 Å². The third-order valence-corrected chi connectivity index (χ3v) is 5.04. The van der Waals surface area contributed by atoms with Crippen molar-refractivity contribution in [3.8, 4) is 0 Å². The summed E-state index contributed by atoms with van der Waals surface area (Å²) in [6, 6.07) is 0.435. The Balaban J connectivity index is 1.76. The second kappa shape index (κ2) is 6.31. The van der Waals surface area contributed by atoms with Gasteiger partial charge in [-0.15, -0.1) is 0 Å². The molecule has 0 amide bonds. The van der Waals surface area contributed by atoms with Gasteiger partial charge >= 0.3 is 0 Å². The quantitative estimate of drug-likeness (QED) is 0.594. The van der Waals surface area contributed by atoms with Gasteiger partial charge in [0.1, 0.15) is 0 Å². The summed E-state index contributed by atoms with van der Waals surface area (Å²) in [4.78, 5) is 6.74. The van der Waals surface area contributed by atoms with Crippen molar-refractivity contribution in [1.82, 2.24) is 15.5 Å². The molecule has 0 radical (unpaired) electrons. The largest absolute Gasteiger partial charge is 0.381 e. The lowest BCUT2D eigenvalue weighted by atomic mass is 9.64. The standard InChI is InChI=1S/C15H30N4O/c1-15(2)12(8-13(15)20-5)18-14(16-3)17-9-11-6-7-19(4)10-11/h11-13H,6-10H2,1-5H3,(H2,16,17,18). The lowest BCUT2D eigenvalue weighted by Crippen LogP contribution is -2.63. The summed E-state index contributed by atoms with van der Waals surface area (Å²) in [5.41, 5.74) is 0.167. The van der Waals surface area contributed by atoms with Crippen LogP contribution in [0.3, 0.4) is 0 Å². The van der Waals surface area contributed by atoms with Gasteiger partial charge in [0.25, 0.3) is 0 Å². The highest BCUT2D eigenvalue weighted by atomic mass is 16.5. The average Bonchev–Trinajstić information content (AvgIpc) is 2.83. The fourth-order valence-electron chi connectivity index (χ4n) is 3.32. The first-order chi connectivity index (χ1) is 9.47. The van der Waals surface area contributed by atoms with E-state index >= 15 is 0 Å². The highest BCUT2D eigenvalue weighted by Crippen LogP contribution is 2.42. The van der Waals surface area contributed by atoms with E-state index in [1.165, 1.54) is 19.5 Å². The Hall–Kier alpha value is -0.810. The van der Waals surface area contributed by atoms with Gasteiger partial charge in [-0.2, -0.15) is 0 Å². The molecule has 2 aliphatic rings. The predicted molar refractivity (Wildman–Crippen MR) is 83.1 cm³/mol. The van der Waals surface area contributed by atoms with Gasteiger partial charge in [0.15, 0.2) is 5.96 Å². The number of hydrogen-bond donors (Lipinski definition) is 2. The van der Waals surface area contributed by atoms with E-state index < -0.39 is 0 Å². The van der Waals surface area contributed by atoms with Crippen molar-refractivity contribution >= 4 is 5.96 Å². The van der Waals surface area contributed by atoms with Crippen molar-refractivity contribution in [3.05, 3.63) is 0 Å². The average molecular weight is 282 g/mol. The Labute approximate surface area is 123 Å². The molecule has 5 nitrogen and oxygen atoms in total. The molecular weight excluding hydrogens is 252 g/mol. The first kappa shape index (κ1) is 15.6. The predicted octanol–water partition coefficient (Wildman–Crippen LogP) is 0.917. The van der Waals surface area contributed by atoms with Crippen molar-refractivity contribution in [3.63, 3.8) is 0 Å². The summed E-state index contributed by atoms with van der Waals surface area (Å²) in [6.45, 7) is 7.90. The van der Waals surface area contributed by atoms with Crippen LogP contribution in [-0.4, -0.2) is 63.8 Å². The Morgan fingerprint density at radius 3 is 2.70 bits per heavy atom. The first-order valence-electron chi connectivity index (χ1n) is 7.66. The van der Waals surface area contributed by atoms with Crippen LogP contribution in [0.5, 0.6) is 0 Å². The van der Waals surface area contributed by atoms with E-state index in [-0.39, 0.29) is 5.41 Å². The summed E-state index contributed by atoms with van der Waals surface area (Å²) < 4.78 is 5.49. The second-order valence-electron chi connectivity index (χ2n) is 6.85. The molecular formula is C15H30N4O. The molecule has 1 heterocycles. The Morgan fingerprint density at radius 1 is 1.45 bits per heavy atom. The molecule has 116 valence electrons. The molecule has 20 heavy (non-hydrogen) atoms. The molecule has 0 aromatic rings. The van der Waals surface area contributed by atoms with E-state index in [4.69, 9.17) is 4.74 Å². The van der Waals surface area contributed by atoms with Gasteiger partial charge in [0.2, 0.25) is 0 Å². The zero-order chi connectivity index (χ0) is 14.8. The SMILES string of the molecule is CN=C(NCC1CCN(C)C1)NC1CC(OC)C1(C)C. The monoisotopic (exact) mass is 282 g/mol. The van der Waals surface area contributed by atoms with Crippen LogP contribution in [0.15, 0.2) is 4.99 Å². The highest BCUT2D eigenvalue weighted by Gasteiger charge is 2.48. The Bertz CT molecular complexity index is 356. The highest BCUT2D eigenvalue weighted by molar-refractivity contribution is 5.80. The zero-order valence-electron chi connectivity index (χ0n) is 13.6. The van der Waals surface area contributed by atoms with Crippen molar-refractivity contribution in [2.24, 2.45) is 16.3 Å². The van der Waals surface area contributed by atoms with Crippen LogP contribution < -0.4 is 10.6 Å². The van der Waals surface area contributed by atoms with E-state index in [0.29, 0.717) is 12.1 Å². The number of likely N-dealkylation sites (tertiary alicyclic amines) is 1. The third kappa shape index (κ3) is 3.26. The minimum Gasteiger partial charge on any atom is -0.381 e. The summed E-state index contributed by atoms with van der Waals surface area (Å²) in [5.74, 6) is 1.66. The number of hydrogen-bond acceptors (Lipinski definition) is 3. The van der Waals surface area contributed by atoms with Crippen LogP contribution in [0.2, 0.25) is 0 Å². The molecule has 0 bridgehead atoms. The molecule has 1 aliphatic heterocycles. The molecule has 2 N–H and O–H groups in total. The van der Waals surface area contributed by atoms with E-state index in [2.05, 4.69) is 41.4 Å². The summed E-state index contributed by atoms with van der Waals surface area (Å²) >= 11 is 0. The molecule has 3 unspecified atom stereocenters. The van der Waals surface area contributed by atoms with Gasteiger partial charge in [-0.3, -0.25) is 4.99 Å². The Morgan fingerprint density at radius 2 is 2.20 bits per heavy atom. The molecule has 5 heteroatoms.